The normalized spacial score (nSPS) is 26.4. The van der Waals surface area contributed by atoms with Gasteiger partial charge in [0.05, 0.1) is 17.8 Å². The van der Waals surface area contributed by atoms with Crippen LogP contribution in [0.1, 0.15) is 48.7 Å². The third kappa shape index (κ3) is 3.72. The molecule has 0 radical (unpaired) electrons. The molecule has 0 spiro atoms. The van der Waals surface area contributed by atoms with E-state index in [0.717, 1.165) is 49.2 Å². The quantitative estimate of drug-likeness (QED) is 0.648. The summed E-state index contributed by atoms with van der Waals surface area (Å²) in [6.07, 6.45) is 2.63. The van der Waals surface area contributed by atoms with Crippen molar-refractivity contribution in [2.75, 3.05) is 38.5 Å². The Kier molecular flexibility index (Phi) is 5.04. The van der Waals surface area contributed by atoms with Crippen LogP contribution >= 0.6 is 0 Å². The topological polar surface area (TPSA) is 87.8 Å². The average Bonchev–Trinajstić information content (AvgIpc) is 3.10. The van der Waals surface area contributed by atoms with Crippen molar-refractivity contribution in [3.63, 3.8) is 0 Å². The van der Waals surface area contributed by atoms with Gasteiger partial charge in [-0.05, 0) is 62.5 Å². The van der Waals surface area contributed by atoms with Crippen LogP contribution in [-0.2, 0) is 12.8 Å². The Morgan fingerprint density at radius 3 is 2.75 bits per heavy atom. The number of carbonyl (C=O) groups excluding carboxylic acids is 1. The van der Waals surface area contributed by atoms with Crippen molar-refractivity contribution in [1.29, 1.82) is 0 Å². The average molecular weight is 388 g/mol. The van der Waals surface area contributed by atoms with E-state index >= 15 is 0 Å². The second-order valence-corrected chi connectivity index (χ2v) is 9.32. The minimum Gasteiger partial charge on any atom is -0.492 e. The summed E-state index contributed by atoms with van der Waals surface area (Å²) in [5.41, 5.74) is 9.11. The summed E-state index contributed by atoms with van der Waals surface area (Å²) in [4.78, 5) is 15.3. The smallest absolute Gasteiger partial charge is 0.255 e. The molecule has 154 valence electrons. The number of anilines is 1. The van der Waals surface area contributed by atoms with Gasteiger partial charge in [-0.3, -0.25) is 9.69 Å². The lowest BCUT2D eigenvalue weighted by Gasteiger charge is -2.27. The number of nitrogens with one attached hydrogen (secondary N) is 1. The van der Waals surface area contributed by atoms with Crippen LogP contribution in [0, 0.1) is 17.8 Å². The van der Waals surface area contributed by atoms with Gasteiger partial charge in [-0.1, -0.05) is 6.92 Å². The lowest BCUT2D eigenvalue weighted by molar-refractivity contribution is 0.0389. The van der Waals surface area contributed by atoms with Gasteiger partial charge in [-0.25, -0.2) is 0 Å². The maximum Gasteiger partial charge on any atom is 0.255 e. The molecule has 4 N–H and O–H groups in total. The van der Waals surface area contributed by atoms with Gasteiger partial charge in [-0.2, -0.15) is 0 Å². The van der Waals surface area contributed by atoms with Crippen molar-refractivity contribution < 1.29 is 14.6 Å². The van der Waals surface area contributed by atoms with Crippen LogP contribution in [-0.4, -0.2) is 54.3 Å². The highest BCUT2D eigenvalue weighted by molar-refractivity contribution is 5.98. The molecule has 0 bridgehead atoms. The fourth-order valence-electron chi connectivity index (χ4n) is 5.12. The molecule has 2 unspecified atom stereocenters. The van der Waals surface area contributed by atoms with Crippen molar-refractivity contribution in [3.05, 3.63) is 22.8 Å². The van der Waals surface area contributed by atoms with E-state index in [2.05, 4.69) is 17.1 Å². The van der Waals surface area contributed by atoms with Crippen molar-refractivity contribution in [3.8, 4) is 5.75 Å². The van der Waals surface area contributed by atoms with E-state index in [-0.39, 0.29) is 5.91 Å². The molecule has 1 saturated heterocycles. The van der Waals surface area contributed by atoms with Crippen LogP contribution < -0.4 is 15.8 Å². The number of hydrogen-bond donors (Lipinski definition) is 3. The summed E-state index contributed by atoms with van der Waals surface area (Å²) in [7, 11) is 0. The van der Waals surface area contributed by atoms with Crippen LogP contribution in [0.3, 0.4) is 0 Å². The number of β-amino-alcohol motifs (C(OH)–C–C–N with tert-alkyl or cyclic N) is 1. The number of ether oxygens (including phenoxy) is 1. The Morgan fingerprint density at radius 2 is 2.11 bits per heavy atom. The summed E-state index contributed by atoms with van der Waals surface area (Å²) in [5, 5.41) is 13.1. The number of rotatable bonds is 6. The number of nitrogens with two attached hydrogens (primary N) is 1. The number of likely N-dealkylation sites (tertiary alicyclic amines) is 1. The zero-order valence-corrected chi connectivity index (χ0v) is 17.3. The largest absolute Gasteiger partial charge is 0.492 e. The van der Waals surface area contributed by atoms with Gasteiger partial charge in [0.25, 0.3) is 5.91 Å². The van der Waals surface area contributed by atoms with Crippen molar-refractivity contribution in [2.45, 2.75) is 45.6 Å². The number of aryl methyl sites for hydroxylation is 1. The Bertz CT molecular complexity index is 759. The van der Waals surface area contributed by atoms with Crippen LogP contribution in [0.25, 0.3) is 0 Å². The molecule has 2 atom stereocenters. The highest BCUT2D eigenvalue weighted by Gasteiger charge is 2.55. The molecule has 4 rings (SSSR count). The first-order valence-electron chi connectivity index (χ1n) is 10.6. The molecule has 1 aromatic carbocycles. The van der Waals surface area contributed by atoms with E-state index in [9.17, 15) is 9.90 Å². The lowest BCUT2D eigenvalue weighted by atomic mass is 9.94. The predicted octanol–water partition coefficient (Wildman–Crippen LogP) is 1.83. The van der Waals surface area contributed by atoms with E-state index in [1.807, 2.05) is 19.9 Å². The van der Waals surface area contributed by atoms with E-state index in [1.54, 1.807) is 0 Å². The number of piperidine rings is 1. The Morgan fingerprint density at radius 1 is 1.39 bits per heavy atom. The van der Waals surface area contributed by atoms with Gasteiger partial charge in [0.1, 0.15) is 5.75 Å². The second kappa shape index (κ2) is 7.23. The standard InChI is InChI=1S/C22H33N3O3/c1-4-13-8-15(20-14(19(13)23)6-5-7-28-20)21(26)24-9-16-17-10-25(11-18(16)17)12-22(2,3)27/h8,16-18,27H,4-7,9-12,23H2,1-3H3,(H,24,26). The molecule has 2 fully saturated rings. The number of carbonyl (C=O) groups is 1. The second-order valence-electron chi connectivity index (χ2n) is 9.32. The van der Waals surface area contributed by atoms with E-state index in [0.29, 0.717) is 48.8 Å². The van der Waals surface area contributed by atoms with Gasteiger partial charge in [0, 0.05) is 37.4 Å². The number of hydrogen-bond acceptors (Lipinski definition) is 5. The number of nitrogen functional groups attached to an aromatic ring is 1. The van der Waals surface area contributed by atoms with Crippen LogP contribution in [0.2, 0.25) is 0 Å². The SMILES string of the molecule is CCc1cc(C(=O)NCC2C3CN(CC(C)(C)O)CC23)c2c(c1N)CCCO2. The summed E-state index contributed by atoms with van der Waals surface area (Å²) in [5.74, 6) is 2.48. The molecule has 6 heteroatoms. The van der Waals surface area contributed by atoms with Gasteiger partial charge in [0.2, 0.25) is 0 Å². The maximum atomic E-state index is 12.9. The van der Waals surface area contributed by atoms with Gasteiger partial charge >= 0.3 is 0 Å². The number of nitrogens with zero attached hydrogens (tertiary/aromatic N) is 1. The van der Waals surface area contributed by atoms with Crippen LogP contribution in [0.5, 0.6) is 5.75 Å². The van der Waals surface area contributed by atoms with Gasteiger partial charge < -0.3 is 20.9 Å². The molecule has 1 aliphatic carbocycles. The summed E-state index contributed by atoms with van der Waals surface area (Å²) < 4.78 is 5.84. The number of benzene rings is 1. The molecule has 0 aromatic heterocycles. The Hall–Kier alpha value is -1.79. The van der Waals surface area contributed by atoms with Gasteiger partial charge in [-0.15, -0.1) is 0 Å². The molecular formula is C22H33N3O3. The number of amides is 1. The van der Waals surface area contributed by atoms with Crippen LogP contribution in [0.15, 0.2) is 6.07 Å². The fourth-order valence-corrected chi connectivity index (χ4v) is 5.12. The first kappa shape index (κ1) is 19.5. The molecule has 6 nitrogen and oxygen atoms in total. The van der Waals surface area contributed by atoms with Gasteiger partial charge in [0.15, 0.2) is 0 Å². The highest BCUT2D eigenvalue weighted by atomic mass is 16.5. The molecule has 1 saturated carbocycles. The molecule has 1 aromatic rings. The minimum atomic E-state index is -0.647. The first-order valence-corrected chi connectivity index (χ1v) is 10.6. The zero-order valence-electron chi connectivity index (χ0n) is 17.3. The molecule has 2 aliphatic heterocycles. The monoisotopic (exact) mass is 387 g/mol. The maximum absolute atomic E-state index is 12.9. The fraction of sp³-hybridized carbons (Fsp3) is 0.682. The summed E-state index contributed by atoms with van der Waals surface area (Å²) >= 11 is 0. The van der Waals surface area contributed by atoms with E-state index in [1.165, 1.54) is 0 Å². The zero-order chi connectivity index (χ0) is 20.1. The number of aliphatic hydroxyl groups is 1. The van der Waals surface area contributed by atoms with Crippen molar-refractivity contribution in [2.24, 2.45) is 17.8 Å². The van der Waals surface area contributed by atoms with Crippen molar-refractivity contribution in [1.82, 2.24) is 10.2 Å². The lowest BCUT2D eigenvalue weighted by Crippen LogP contribution is -2.39. The summed E-state index contributed by atoms with van der Waals surface area (Å²) in [6, 6.07) is 1.91. The third-order valence-electron chi connectivity index (χ3n) is 6.51. The molecule has 1 amide bonds. The molecule has 3 aliphatic rings. The molecule has 28 heavy (non-hydrogen) atoms. The minimum absolute atomic E-state index is 0.0498. The molecular weight excluding hydrogens is 354 g/mol. The van der Waals surface area contributed by atoms with Crippen molar-refractivity contribution >= 4 is 11.6 Å². The van der Waals surface area contributed by atoms with E-state index < -0.39 is 5.60 Å². The first-order chi connectivity index (χ1) is 13.3. The van der Waals surface area contributed by atoms with E-state index in [4.69, 9.17) is 10.5 Å². The summed E-state index contributed by atoms with van der Waals surface area (Å²) in [6.45, 7) is 9.89. The molecule has 2 heterocycles. The Balaban J connectivity index is 1.37. The Labute approximate surface area is 167 Å². The predicted molar refractivity (Wildman–Crippen MR) is 110 cm³/mol. The third-order valence-corrected chi connectivity index (χ3v) is 6.51. The van der Waals surface area contributed by atoms with Crippen LogP contribution in [0.4, 0.5) is 5.69 Å². The highest BCUT2D eigenvalue weighted by Crippen LogP contribution is 2.51. The number of fused-ring (bicyclic) bond motifs is 2.